The highest BCUT2D eigenvalue weighted by Crippen LogP contribution is 2.38. The summed E-state index contributed by atoms with van der Waals surface area (Å²) in [6.07, 6.45) is 7.10. The molecule has 94 valence electrons. The average Bonchev–Trinajstić information content (AvgIpc) is 2.29. The predicted molar refractivity (Wildman–Crippen MR) is 72.1 cm³/mol. The van der Waals surface area contributed by atoms with Crippen LogP contribution in [-0.4, -0.2) is 6.26 Å². The molecule has 0 amide bonds. The molecule has 1 saturated carbocycles. The smallest absolute Gasteiger partial charge is 0.138 e. The lowest BCUT2D eigenvalue weighted by Gasteiger charge is -2.34. The van der Waals surface area contributed by atoms with Crippen molar-refractivity contribution in [1.82, 2.24) is 0 Å². The fourth-order valence-corrected chi connectivity index (χ4v) is 3.46. The van der Waals surface area contributed by atoms with Crippen LogP contribution >= 0.6 is 23.4 Å². The topological polar surface area (TPSA) is 26.0 Å². The Morgan fingerprint density at radius 2 is 1.94 bits per heavy atom. The van der Waals surface area contributed by atoms with E-state index in [0.29, 0.717) is 9.92 Å². The van der Waals surface area contributed by atoms with Gasteiger partial charge in [-0.1, -0.05) is 30.9 Å². The summed E-state index contributed by atoms with van der Waals surface area (Å²) in [4.78, 5) is 0.509. The van der Waals surface area contributed by atoms with E-state index in [0.717, 1.165) is 31.2 Å². The molecule has 1 fully saturated rings. The molecule has 4 heteroatoms. The van der Waals surface area contributed by atoms with Gasteiger partial charge >= 0.3 is 0 Å². The zero-order chi connectivity index (χ0) is 12.5. The van der Waals surface area contributed by atoms with Crippen molar-refractivity contribution in [3.05, 3.63) is 28.5 Å². The Balaban J connectivity index is 2.39. The Bertz CT molecular complexity index is 393. The Hall–Kier alpha value is -0.250. The molecule has 1 nitrogen and oxygen atoms in total. The van der Waals surface area contributed by atoms with E-state index in [-0.39, 0.29) is 11.4 Å². The highest BCUT2D eigenvalue weighted by molar-refractivity contribution is 7.98. The molecule has 0 heterocycles. The molecule has 1 aliphatic carbocycles. The van der Waals surface area contributed by atoms with Gasteiger partial charge in [0.25, 0.3) is 0 Å². The summed E-state index contributed by atoms with van der Waals surface area (Å²) in [7, 11) is 0. The third-order valence-corrected chi connectivity index (χ3v) is 4.76. The lowest BCUT2D eigenvalue weighted by molar-refractivity contribution is 0.301. The van der Waals surface area contributed by atoms with Gasteiger partial charge < -0.3 is 5.73 Å². The van der Waals surface area contributed by atoms with Crippen LogP contribution < -0.4 is 5.73 Å². The van der Waals surface area contributed by atoms with Crippen LogP contribution in [0.5, 0.6) is 0 Å². The first-order valence-electron chi connectivity index (χ1n) is 5.89. The molecular weight excluding hydrogens is 257 g/mol. The van der Waals surface area contributed by atoms with Gasteiger partial charge in [0.15, 0.2) is 0 Å². The fourth-order valence-electron chi connectivity index (χ4n) is 2.51. The lowest BCUT2D eigenvalue weighted by atomic mass is 9.77. The summed E-state index contributed by atoms with van der Waals surface area (Å²) < 4.78 is 13.9. The zero-order valence-electron chi connectivity index (χ0n) is 9.93. The Labute approximate surface area is 111 Å². The number of hydrogen-bond acceptors (Lipinski definition) is 2. The summed E-state index contributed by atoms with van der Waals surface area (Å²) in [5.74, 6) is -0.254. The summed E-state index contributed by atoms with van der Waals surface area (Å²) in [6.45, 7) is 0. The van der Waals surface area contributed by atoms with Crippen molar-refractivity contribution in [2.75, 3.05) is 6.26 Å². The van der Waals surface area contributed by atoms with Crippen molar-refractivity contribution in [2.24, 2.45) is 5.73 Å². The lowest BCUT2D eigenvalue weighted by Crippen LogP contribution is -2.38. The van der Waals surface area contributed by atoms with Crippen LogP contribution in [0.4, 0.5) is 4.39 Å². The van der Waals surface area contributed by atoms with E-state index >= 15 is 0 Å². The second-order valence-corrected chi connectivity index (χ2v) is 5.91. The van der Waals surface area contributed by atoms with E-state index in [1.165, 1.54) is 18.2 Å². The number of halogens is 2. The van der Waals surface area contributed by atoms with Crippen molar-refractivity contribution >= 4 is 23.4 Å². The molecule has 2 N–H and O–H groups in total. The Morgan fingerprint density at radius 1 is 1.29 bits per heavy atom. The minimum Gasteiger partial charge on any atom is -0.321 e. The average molecular weight is 274 g/mol. The summed E-state index contributed by atoms with van der Waals surface area (Å²) >= 11 is 7.43. The maximum atomic E-state index is 13.9. The molecular formula is C13H17ClFNS. The van der Waals surface area contributed by atoms with E-state index in [9.17, 15) is 4.39 Å². The molecule has 0 spiro atoms. The Morgan fingerprint density at radius 3 is 2.47 bits per heavy atom. The molecule has 0 unspecified atom stereocenters. The molecule has 1 aromatic carbocycles. The minimum atomic E-state index is -0.389. The molecule has 1 aliphatic rings. The summed E-state index contributed by atoms with van der Waals surface area (Å²) in [5, 5.41) is 0.475. The van der Waals surface area contributed by atoms with Crippen molar-refractivity contribution in [3.8, 4) is 0 Å². The third kappa shape index (κ3) is 2.61. The van der Waals surface area contributed by atoms with Gasteiger partial charge in [0, 0.05) is 5.54 Å². The zero-order valence-corrected chi connectivity index (χ0v) is 11.5. The van der Waals surface area contributed by atoms with Crippen molar-refractivity contribution in [1.29, 1.82) is 0 Å². The van der Waals surface area contributed by atoms with Gasteiger partial charge in [-0.25, -0.2) is 4.39 Å². The van der Waals surface area contributed by atoms with Crippen LogP contribution in [0.25, 0.3) is 0 Å². The van der Waals surface area contributed by atoms with Gasteiger partial charge in [0.2, 0.25) is 0 Å². The number of thioether (sulfide) groups is 1. The van der Waals surface area contributed by atoms with E-state index in [4.69, 9.17) is 17.3 Å². The molecule has 0 atom stereocenters. The van der Waals surface area contributed by atoms with E-state index in [1.54, 1.807) is 6.07 Å². The normalized spacial score (nSPS) is 19.3. The van der Waals surface area contributed by atoms with Crippen molar-refractivity contribution in [3.63, 3.8) is 0 Å². The minimum absolute atomic E-state index is 0.254. The van der Waals surface area contributed by atoms with Crippen molar-refractivity contribution < 1.29 is 4.39 Å². The number of benzene rings is 1. The maximum Gasteiger partial charge on any atom is 0.138 e. The fraction of sp³-hybridized carbons (Fsp3) is 0.538. The van der Waals surface area contributed by atoms with Gasteiger partial charge in [-0.3, -0.25) is 0 Å². The molecule has 17 heavy (non-hydrogen) atoms. The highest BCUT2D eigenvalue weighted by Gasteiger charge is 2.30. The van der Waals surface area contributed by atoms with Gasteiger partial charge in [-0.15, -0.1) is 11.8 Å². The number of nitrogens with two attached hydrogens (primary N) is 1. The second kappa shape index (κ2) is 5.17. The van der Waals surface area contributed by atoms with Crippen LogP contribution in [0.1, 0.15) is 37.7 Å². The van der Waals surface area contributed by atoms with E-state index < -0.39 is 0 Å². The van der Waals surface area contributed by atoms with Crippen LogP contribution in [0.2, 0.25) is 5.02 Å². The van der Waals surface area contributed by atoms with Crippen molar-refractivity contribution in [2.45, 2.75) is 42.5 Å². The molecule has 0 aromatic heterocycles. The third-order valence-electron chi connectivity index (χ3n) is 3.52. The Kier molecular flexibility index (Phi) is 4.01. The van der Waals surface area contributed by atoms with Gasteiger partial charge in [0.1, 0.15) is 5.82 Å². The molecule has 2 rings (SSSR count). The molecule has 1 aromatic rings. The first-order valence-corrected chi connectivity index (χ1v) is 7.49. The monoisotopic (exact) mass is 273 g/mol. The van der Waals surface area contributed by atoms with E-state index in [1.807, 2.05) is 12.3 Å². The molecule has 0 saturated heterocycles. The highest BCUT2D eigenvalue weighted by atomic mass is 35.5. The molecule has 0 aliphatic heterocycles. The molecule has 0 bridgehead atoms. The van der Waals surface area contributed by atoms with Gasteiger partial charge in [-0.2, -0.15) is 0 Å². The summed E-state index contributed by atoms with van der Waals surface area (Å²) in [6, 6.07) is 3.39. The van der Waals surface area contributed by atoms with Crippen LogP contribution in [0, 0.1) is 5.82 Å². The van der Waals surface area contributed by atoms with Gasteiger partial charge in [-0.05, 0) is 36.8 Å². The first-order chi connectivity index (χ1) is 8.07. The first kappa shape index (κ1) is 13.2. The van der Waals surface area contributed by atoms with E-state index in [2.05, 4.69) is 0 Å². The quantitative estimate of drug-likeness (QED) is 0.812. The number of rotatable bonds is 2. The van der Waals surface area contributed by atoms with Gasteiger partial charge in [0.05, 0.1) is 9.92 Å². The molecule has 0 radical (unpaired) electrons. The predicted octanol–water partition coefficient (Wildman–Crippen LogP) is 4.32. The number of hydrogen-bond donors (Lipinski definition) is 1. The van der Waals surface area contributed by atoms with Crippen LogP contribution in [-0.2, 0) is 5.54 Å². The van der Waals surface area contributed by atoms with Crippen LogP contribution in [0.3, 0.4) is 0 Å². The standard InChI is InChI=1S/C13H17ClFNS/c1-17-12-10(14)7-9(8-11(12)15)13(16)5-3-2-4-6-13/h7-8H,2-6,16H2,1H3. The largest absolute Gasteiger partial charge is 0.321 e. The maximum absolute atomic E-state index is 13.9. The summed E-state index contributed by atoms with van der Waals surface area (Å²) in [5.41, 5.74) is 6.83. The SMILES string of the molecule is CSc1c(F)cc(C2(N)CCCCC2)cc1Cl. The van der Waals surface area contributed by atoms with Crippen LogP contribution in [0.15, 0.2) is 17.0 Å². The second-order valence-electron chi connectivity index (χ2n) is 4.69.